The number of hydrogen-bond acceptors (Lipinski definition) is 3. The van der Waals surface area contributed by atoms with E-state index in [-0.39, 0.29) is 0 Å². The summed E-state index contributed by atoms with van der Waals surface area (Å²) in [6.45, 7) is 13.2. The van der Waals surface area contributed by atoms with Crippen LogP contribution in [0.5, 0.6) is 0 Å². The summed E-state index contributed by atoms with van der Waals surface area (Å²) in [6.07, 6.45) is 2.62. The molecule has 1 N–H and O–H groups in total. The van der Waals surface area contributed by atoms with E-state index in [1.165, 1.54) is 18.4 Å². The van der Waals surface area contributed by atoms with Crippen LogP contribution in [0, 0.1) is 12.8 Å². The minimum Gasteiger partial charge on any atom is -0.354 e. The Morgan fingerprint density at radius 3 is 2.75 bits per heavy atom. The Kier molecular flexibility index (Phi) is 5.03. The Morgan fingerprint density at radius 2 is 2.10 bits per heavy atom. The van der Waals surface area contributed by atoms with Gasteiger partial charge in [0.15, 0.2) is 0 Å². The fraction of sp³-hybridized carbons (Fsp3) is 0.706. The van der Waals surface area contributed by atoms with Crippen LogP contribution in [0.4, 0.5) is 5.82 Å². The van der Waals surface area contributed by atoms with Crippen LogP contribution in [0.25, 0.3) is 0 Å². The molecule has 0 radical (unpaired) electrons. The van der Waals surface area contributed by atoms with Gasteiger partial charge in [0.05, 0.1) is 0 Å². The van der Waals surface area contributed by atoms with Gasteiger partial charge >= 0.3 is 0 Å². The lowest BCUT2D eigenvalue weighted by Gasteiger charge is -2.39. The van der Waals surface area contributed by atoms with Crippen molar-refractivity contribution in [3.63, 3.8) is 0 Å². The van der Waals surface area contributed by atoms with E-state index in [2.05, 4.69) is 57.0 Å². The summed E-state index contributed by atoms with van der Waals surface area (Å²) in [7, 11) is 0. The number of aromatic nitrogens is 1. The molecule has 2 unspecified atom stereocenters. The van der Waals surface area contributed by atoms with Gasteiger partial charge in [-0.15, -0.1) is 0 Å². The van der Waals surface area contributed by atoms with Crippen LogP contribution in [0.15, 0.2) is 12.1 Å². The van der Waals surface area contributed by atoms with E-state index < -0.39 is 0 Å². The van der Waals surface area contributed by atoms with Gasteiger partial charge in [-0.25, -0.2) is 4.98 Å². The van der Waals surface area contributed by atoms with Crippen molar-refractivity contribution in [3.8, 4) is 0 Å². The van der Waals surface area contributed by atoms with E-state index in [4.69, 9.17) is 4.98 Å². The maximum atomic E-state index is 4.85. The number of aryl methyl sites for hydroxylation is 1. The van der Waals surface area contributed by atoms with Crippen molar-refractivity contribution in [3.05, 3.63) is 23.4 Å². The second-order valence-electron chi connectivity index (χ2n) is 6.50. The molecule has 112 valence electrons. The molecule has 2 rings (SSSR count). The van der Waals surface area contributed by atoms with Gasteiger partial charge in [0, 0.05) is 30.9 Å². The first kappa shape index (κ1) is 15.3. The van der Waals surface area contributed by atoms with E-state index >= 15 is 0 Å². The molecular formula is C17H29N3. The van der Waals surface area contributed by atoms with E-state index in [9.17, 15) is 0 Å². The topological polar surface area (TPSA) is 28.2 Å². The van der Waals surface area contributed by atoms with Crippen LogP contribution >= 0.6 is 0 Å². The third kappa shape index (κ3) is 3.51. The number of anilines is 1. The predicted molar refractivity (Wildman–Crippen MR) is 86.2 cm³/mol. The molecule has 0 aliphatic carbocycles. The summed E-state index contributed by atoms with van der Waals surface area (Å²) in [6, 6.07) is 5.53. The number of pyridine rings is 1. The fourth-order valence-corrected chi connectivity index (χ4v) is 2.90. The zero-order valence-electron chi connectivity index (χ0n) is 13.6. The molecule has 3 nitrogen and oxygen atoms in total. The van der Waals surface area contributed by atoms with Crippen LogP contribution in [0.2, 0.25) is 0 Å². The zero-order chi connectivity index (χ0) is 14.7. The third-order valence-corrected chi connectivity index (χ3v) is 4.55. The Morgan fingerprint density at radius 1 is 1.35 bits per heavy atom. The lowest BCUT2D eigenvalue weighted by molar-refractivity contribution is 0.361. The molecule has 0 spiro atoms. The molecule has 1 saturated heterocycles. The molecule has 1 aliphatic heterocycles. The molecule has 0 bridgehead atoms. The van der Waals surface area contributed by atoms with Gasteiger partial charge in [-0.05, 0) is 44.2 Å². The molecule has 0 aromatic carbocycles. The Hall–Kier alpha value is -1.09. The minimum atomic E-state index is 0.511. The summed E-state index contributed by atoms with van der Waals surface area (Å²) in [5, 5.41) is 3.46. The summed E-state index contributed by atoms with van der Waals surface area (Å²) in [5.41, 5.74) is 2.46. The van der Waals surface area contributed by atoms with E-state index in [1.54, 1.807) is 0 Å². The summed E-state index contributed by atoms with van der Waals surface area (Å²) >= 11 is 0. The zero-order valence-corrected chi connectivity index (χ0v) is 13.6. The molecule has 1 fully saturated rings. The van der Waals surface area contributed by atoms with Gasteiger partial charge in [-0.1, -0.05) is 26.8 Å². The van der Waals surface area contributed by atoms with Crippen LogP contribution in [-0.2, 0) is 6.54 Å². The lowest BCUT2D eigenvalue weighted by atomic mass is 9.92. The number of rotatable bonds is 4. The first-order valence-electron chi connectivity index (χ1n) is 7.95. The van der Waals surface area contributed by atoms with E-state index in [0.717, 1.165) is 30.5 Å². The Labute approximate surface area is 123 Å². The Bertz CT molecular complexity index is 442. The van der Waals surface area contributed by atoms with Gasteiger partial charge in [0.25, 0.3) is 0 Å². The number of nitrogens with one attached hydrogen (secondary N) is 1. The summed E-state index contributed by atoms with van der Waals surface area (Å²) < 4.78 is 0. The Balaban J connectivity index is 2.12. The molecule has 1 aliphatic rings. The van der Waals surface area contributed by atoms with Crippen LogP contribution in [-0.4, -0.2) is 23.6 Å². The maximum Gasteiger partial charge on any atom is 0.129 e. The monoisotopic (exact) mass is 275 g/mol. The van der Waals surface area contributed by atoms with Crippen molar-refractivity contribution in [2.24, 2.45) is 5.92 Å². The van der Waals surface area contributed by atoms with Gasteiger partial charge in [0.2, 0.25) is 0 Å². The van der Waals surface area contributed by atoms with Crippen LogP contribution in [0.3, 0.4) is 0 Å². The normalized spacial score (nSPS) is 23.4. The predicted octanol–water partition coefficient (Wildman–Crippen LogP) is 3.51. The fourth-order valence-electron chi connectivity index (χ4n) is 2.90. The highest BCUT2D eigenvalue weighted by Gasteiger charge is 2.25. The van der Waals surface area contributed by atoms with Crippen molar-refractivity contribution in [2.75, 3.05) is 11.4 Å². The van der Waals surface area contributed by atoms with Crippen molar-refractivity contribution in [1.82, 2.24) is 10.3 Å². The number of piperidine rings is 1. The van der Waals surface area contributed by atoms with Crippen molar-refractivity contribution in [2.45, 2.75) is 66.1 Å². The smallest absolute Gasteiger partial charge is 0.129 e. The van der Waals surface area contributed by atoms with Gasteiger partial charge in [0.1, 0.15) is 5.82 Å². The van der Waals surface area contributed by atoms with Gasteiger partial charge < -0.3 is 10.2 Å². The molecule has 2 heterocycles. The summed E-state index contributed by atoms with van der Waals surface area (Å²) in [4.78, 5) is 7.32. The highest BCUT2D eigenvalue weighted by Crippen LogP contribution is 2.27. The lowest BCUT2D eigenvalue weighted by Crippen LogP contribution is -2.43. The second kappa shape index (κ2) is 6.57. The van der Waals surface area contributed by atoms with Crippen LogP contribution < -0.4 is 10.2 Å². The van der Waals surface area contributed by atoms with E-state index in [1.807, 2.05) is 0 Å². The number of hydrogen-bond donors (Lipinski definition) is 1. The maximum absolute atomic E-state index is 4.85. The third-order valence-electron chi connectivity index (χ3n) is 4.55. The minimum absolute atomic E-state index is 0.511. The molecule has 1 aromatic heterocycles. The molecule has 20 heavy (non-hydrogen) atoms. The largest absolute Gasteiger partial charge is 0.354 e. The van der Waals surface area contributed by atoms with Gasteiger partial charge in [-0.3, -0.25) is 0 Å². The molecule has 3 heteroatoms. The second-order valence-corrected chi connectivity index (χ2v) is 6.50. The SMILES string of the molecule is Cc1nc(N2CCCC(C)C2C)ccc1CNC(C)C. The van der Waals surface area contributed by atoms with Crippen molar-refractivity contribution < 1.29 is 0 Å². The highest BCUT2D eigenvalue weighted by atomic mass is 15.2. The molecule has 0 saturated carbocycles. The van der Waals surface area contributed by atoms with Crippen molar-refractivity contribution in [1.29, 1.82) is 0 Å². The summed E-state index contributed by atoms with van der Waals surface area (Å²) in [5.74, 6) is 1.91. The van der Waals surface area contributed by atoms with E-state index in [0.29, 0.717) is 12.1 Å². The molecule has 2 atom stereocenters. The molecule has 1 aromatic rings. The first-order chi connectivity index (χ1) is 9.49. The average Bonchev–Trinajstić information content (AvgIpc) is 2.40. The average molecular weight is 275 g/mol. The quantitative estimate of drug-likeness (QED) is 0.911. The molecular weight excluding hydrogens is 246 g/mol. The van der Waals surface area contributed by atoms with Crippen molar-refractivity contribution >= 4 is 5.82 Å². The standard InChI is InChI=1S/C17H29N3/c1-12(2)18-11-16-8-9-17(19-14(16)4)20-10-6-7-13(3)15(20)5/h8-9,12-13,15,18H,6-7,10-11H2,1-5H3. The first-order valence-corrected chi connectivity index (χ1v) is 7.95. The molecule has 0 amide bonds. The van der Waals surface area contributed by atoms with Crippen LogP contribution in [0.1, 0.15) is 51.8 Å². The van der Waals surface area contributed by atoms with Gasteiger partial charge in [-0.2, -0.15) is 0 Å². The number of nitrogens with zero attached hydrogens (tertiary/aromatic N) is 2. The highest BCUT2D eigenvalue weighted by molar-refractivity contribution is 5.43.